The average Bonchev–Trinajstić information content (AvgIpc) is 3.14. The molecule has 1 unspecified atom stereocenters. The average molecular weight is 630 g/mol. The van der Waals surface area contributed by atoms with Crippen molar-refractivity contribution in [3.8, 4) is 28.7 Å². The third-order valence-electron chi connectivity index (χ3n) is 8.92. The number of rotatable bonds is 6. The lowest BCUT2D eigenvalue weighted by Crippen LogP contribution is -2.34. The van der Waals surface area contributed by atoms with E-state index >= 15 is 0 Å². The molecule has 12 heteroatoms. The standard InChI is InChI=1S/C33H27NO10S/c1-10-7-12-17-20-22-18(27(37)30(43-5)23(20)16(10)11(2)35)14(36)8-15(41-3)19(22)24-21(17)25(28(38)29(12)42-4)26-32(31(24)44-6)45-9-13(34-26)33(39)40/h8,13,34,37H,7,9H2,1-6H3,(H,39,40). The van der Waals surface area contributed by atoms with Crippen LogP contribution in [0.1, 0.15) is 25.0 Å². The smallest absolute Gasteiger partial charge is 0.326 e. The molecule has 1 heterocycles. The maximum Gasteiger partial charge on any atom is 0.326 e. The van der Waals surface area contributed by atoms with Gasteiger partial charge in [0.1, 0.15) is 17.5 Å². The highest BCUT2D eigenvalue weighted by molar-refractivity contribution is 7.99. The number of phenols is 1. The number of Topliss-reactive ketones (excluding diaryl/α,β-unsaturated/α-hetero) is 1. The first kappa shape index (κ1) is 28.8. The molecular weight excluding hydrogens is 602 g/mol. The number of fused-ring (bicyclic) bond motifs is 3. The summed E-state index contributed by atoms with van der Waals surface area (Å²) in [6.45, 7) is 3.17. The van der Waals surface area contributed by atoms with E-state index in [1.54, 1.807) is 6.92 Å². The highest BCUT2D eigenvalue weighted by Gasteiger charge is 2.38. The molecule has 45 heavy (non-hydrogen) atoms. The summed E-state index contributed by atoms with van der Waals surface area (Å²) in [4.78, 5) is 54.3. The molecule has 0 saturated heterocycles. The molecule has 1 aliphatic carbocycles. The van der Waals surface area contributed by atoms with E-state index in [1.807, 2.05) is 0 Å². The Balaban J connectivity index is 1.97. The first-order valence-electron chi connectivity index (χ1n) is 14.0. The topological polar surface area (TPSA) is 158 Å². The minimum Gasteiger partial charge on any atom is -0.504 e. The van der Waals surface area contributed by atoms with Crippen LogP contribution in [0.25, 0.3) is 48.7 Å². The molecule has 0 radical (unpaired) electrons. The van der Waals surface area contributed by atoms with Gasteiger partial charge >= 0.3 is 5.97 Å². The monoisotopic (exact) mass is 629 g/mol. The highest BCUT2D eigenvalue weighted by Crippen LogP contribution is 2.59. The summed E-state index contributed by atoms with van der Waals surface area (Å²) in [7, 11) is 5.61. The Kier molecular flexibility index (Phi) is 6.25. The quantitative estimate of drug-likeness (QED) is 0.178. The van der Waals surface area contributed by atoms with E-state index < -0.39 is 28.6 Å². The molecule has 1 atom stereocenters. The van der Waals surface area contributed by atoms with Crippen molar-refractivity contribution in [1.82, 2.24) is 0 Å². The maximum atomic E-state index is 14.5. The van der Waals surface area contributed by atoms with Crippen LogP contribution >= 0.6 is 11.8 Å². The third kappa shape index (κ3) is 3.48. The predicted molar refractivity (Wildman–Crippen MR) is 172 cm³/mol. The van der Waals surface area contributed by atoms with Gasteiger partial charge < -0.3 is 34.5 Å². The Bertz CT molecular complexity index is 2350. The predicted octanol–water partition coefficient (Wildman–Crippen LogP) is 4.52. The Morgan fingerprint density at radius 2 is 1.53 bits per heavy atom. The summed E-state index contributed by atoms with van der Waals surface area (Å²) in [6, 6.07) is 0.263. The minimum absolute atomic E-state index is 0.0176. The lowest BCUT2D eigenvalue weighted by molar-refractivity contribution is -0.137. The van der Waals surface area contributed by atoms with Gasteiger partial charge in [0, 0.05) is 55.5 Å². The lowest BCUT2D eigenvalue weighted by Gasteiger charge is -2.30. The second-order valence-corrected chi connectivity index (χ2v) is 12.2. The number of phenolic OH excluding ortho intramolecular Hbond substituents is 1. The molecule has 5 aromatic rings. The summed E-state index contributed by atoms with van der Waals surface area (Å²) < 4.78 is 23.4. The fraction of sp³-hybridized carbons (Fsp3) is 0.273. The number of allylic oxidation sites excluding steroid dienone is 2. The van der Waals surface area contributed by atoms with E-state index in [0.29, 0.717) is 54.1 Å². The van der Waals surface area contributed by atoms with E-state index in [0.717, 1.165) is 0 Å². The van der Waals surface area contributed by atoms with E-state index in [1.165, 1.54) is 53.2 Å². The van der Waals surface area contributed by atoms with Crippen molar-refractivity contribution in [2.75, 3.05) is 39.5 Å². The first-order chi connectivity index (χ1) is 21.5. The summed E-state index contributed by atoms with van der Waals surface area (Å²) >= 11 is 1.23. The normalized spacial score (nSPS) is 15.9. The molecule has 5 aromatic carbocycles. The van der Waals surface area contributed by atoms with Crippen LogP contribution in [0.5, 0.6) is 28.7 Å². The van der Waals surface area contributed by atoms with Crippen molar-refractivity contribution in [3.05, 3.63) is 43.2 Å². The number of carboxylic acids is 1. The number of ether oxygens (including phenoxy) is 4. The zero-order chi connectivity index (χ0) is 32.2. The maximum absolute atomic E-state index is 14.5. The van der Waals surface area contributed by atoms with Gasteiger partial charge in [-0.2, -0.15) is 0 Å². The van der Waals surface area contributed by atoms with Crippen molar-refractivity contribution >= 4 is 77.9 Å². The Hall–Kier alpha value is -4.97. The Morgan fingerprint density at radius 3 is 2.13 bits per heavy atom. The van der Waals surface area contributed by atoms with Gasteiger partial charge in [0.2, 0.25) is 5.43 Å². The second-order valence-electron chi connectivity index (χ2n) is 11.1. The molecule has 230 valence electrons. The van der Waals surface area contributed by atoms with E-state index in [-0.39, 0.29) is 62.8 Å². The molecule has 1 aliphatic heterocycles. The first-order valence-corrected chi connectivity index (χ1v) is 15.0. The van der Waals surface area contributed by atoms with Crippen LogP contribution in [0.15, 0.2) is 26.1 Å². The summed E-state index contributed by atoms with van der Waals surface area (Å²) in [5, 5.41) is 27.2. The van der Waals surface area contributed by atoms with Gasteiger partial charge in [0.05, 0.1) is 49.8 Å². The number of methoxy groups -OCH3 is 4. The third-order valence-corrected chi connectivity index (χ3v) is 10.1. The molecule has 3 N–H and O–H groups in total. The van der Waals surface area contributed by atoms with Crippen LogP contribution in [0.3, 0.4) is 0 Å². The molecule has 11 nitrogen and oxygen atoms in total. The number of aliphatic carboxylic acids is 1. The number of carbonyl (C=O) groups is 2. The van der Waals surface area contributed by atoms with Gasteiger partial charge in [-0.15, -0.1) is 11.8 Å². The summed E-state index contributed by atoms with van der Waals surface area (Å²) in [6.07, 6.45) is 0.126. The van der Waals surface area contributed by atoms with Crippen LogP contribution < -0.4 is 35.1 Å². The molecule has 0 amide bonds. The fourth-order valence-corrected chi connectivity index (χ4v) is 8.49. The minimum atomic E-state index is -1.08. The summed E-state index contributed by atoms with van der Waals surface area (Å²) in [5.41, 5.74) is 0.883. The molecular formula is C33H27NO10S. The van der Waals surface area contributed by atoms with Crippen LogP contribution in [-0.4, -0.2) is 62.2 Å². The molecule has 0 aromatic heterocycles. The van der Waals surface area contributed by atoms with Gasteiger partial charge in [0.25, 0.3) is 0 Å². The van der Waals surface area contributed by atoms with Crippen LogP contribution in [0, 0.1) is 0 Å². The molecule has 2 aliphatic rings. The fourth-order valence-electron chi connectivity index (χ4n) is 7.31. The zero-order valence-electron chi connectivity index (χ0n) is 25.1. The number of aromatic hydroxyl groups is 1. The van der Waals surface area contributed by atoms with Crippen LogP contribution in [-0.2, 0) is 16.0 Å². The highest BCUT2D eigenvalue weighted by atomic mass is 32.2. The largest absolute Gasteiger partial charge is 0.504 e. The molecule has 0 fully saturated rings. The van der Waals surface area contributed by atoms with Crippen molar-refractivity contribution in [1.29, 1.82) is 0 Å². The van der Waals surface area contributed by atoms with Gasteiger partial charge in [-0.3, -0.25) is 14.4 Å². The molecule has 0 saturated carbocycles. The number of nitrogens with one attached hydrogen (secondary N) is 1. The molecule has 7 rings (SSSR count). The number of hydrogen-bond acceptors (Lipinski definition) is 11. The lowest BCUT2D eigenvalue weighted by atomic mass is 9.82. The van der Waals surface area contributed by atoms with Gasteiger partial charge in [0.15, 0.2) is 28.5 Å². The number of thioether (sulfide) groups is 1. The Labute approximate surface area is 259 Å². The number of anilines is 1. The number of benzene rings is 5. The van der Waals surface area contributed by atoms with Crippen molar-refractivity contribution < 1.29 is 38.7 Å². The van der Waals surface area contributed by atoms with E-state index in [4.69, 9.17) is 18.9 Å². The number of ketones is 1. The van der Waals surface area contributed by atoms with Crippen LogP contribution in [0.4, 0.5) is 5.69 Å². The van der Waals surface area contributed by atoms with Crippen molar-refractivity contribution in [3.63, 3.8) is 0 Å². The zero-order valence-corrected chi connectivity index (χ0v) is 26.0. The molecule has 0 bridgehead atoms. The number of carboxylic acid groups (broad SMARTS) is 1. The number of hydrogen-bond donors (Lipinski definition) is 3. The SMILES string of the molecule is COc1c(O)c2c(=O)cc(OC)c3c4c(OC)c5c(c6c(=O)c(OC)c7c(c(c1C(C(C)=O)=C(C)C7)c23)c64)NC(C(=O)O)CS5. The van der Waals surface area contributed by atoms with E-state index in [2.05, 4.69) is 5.32 Å². The van der Waals surface area contributed by atoms with Crippen molar-refractivity contribution in [2.45, 2.75) is 31.2 Å². The van der Waals surface area contributed by atoms with Gasteiger partial charge in [-0.05, 0) is 25.7 Å². The van der Waals surface area contributed by atoms with Crippen molar-refractivity contribution in [2.24, 2.45) is 0 Å². The summed E-state index contributed by atoms with van der Waals surface area (Å²) in [5.74, 6) is -1.21. The second kappa shape index (κ2) is 9.77. The van der Waals surface area contributed by atoms with Crippen LogP contribution in [0.2, 0.25) is 0 Å². The van der Waals surface area contributed by atoms with Gasteiger partial charge in [-0.1, -0.05) is 5.57 Å². The Morgan fingerprint density at radius 1 is 0.867 bits per heavy atom. The van der Waals surface area contributed by atoms with E-state index in [9.17, 15) is 29.4 Å². The molecule has 0 spiro atoms. The number of carbonyl (C=O) groups excluding carboxylic acids is 1. The van der Waals surface area contributed by atoms with Gasteiger partial charge in [-0.25, -0.2) is 4.79 Å².